The van der Waals surface area contributed by atoms with E-state index in [4.69, 9.17) is 18.9 Å². The zero-order valence-electron chi connectivity index (χ0n) is 18.6. The van der Waals surface area contributed by atoms with Crippen LogP contribution in [0.5, 0.6) is 11.5 Å². The third-order valence-corrected chi connectivity index (χ3v) is 6.17. The number of rotatable bonds is 7. The highest BCUT2D eigenvalue weighted by Gasteiger charge is 2.50. The Bertz CT molecular complexity index is 942. The molecule has 7 N–H and O–H groups in total. The SMILES string of the molecule is OC[C@H]1O[C@H](O[C@@H]2[C@H](O)[C@@H](c3cccc(Oc4ccccc4)c3)O[C@H](CO)[C@H]2O)[C@@H](O)[C@@H](O)[C@@H]1O. The second kappa shape index (κ2) is 11.3. The van der Waals surface area contributed by atoms with Gasteiger partial charge < -0.3 is 54.7 Å². The number of benzene rings is 2. The van der Waals surface area contributed by atoms with Crippen molar-refractivity contribution in [1.29, 1.82) is 0 Å². The van der Waals surface area contributed by atoms with Crippen LogP contribution in [-0.2, 0) is 14.2 Å². The van der Waals surface area contributed by atoms with Crippen molar-refractivity contribution < 1.29 is 54.7 Å². The Labute approximate surface area is 201 Å². The molecule has 0 aromatic heterocycles. The van der Waals surface area contributed by atoms with Crippen LogP contribution in [-0.4, -0.2) is 104 Å². The van der Waals surface area contributed by atoms with Gasteiger partial charge in [0.25, 0.3) is 0 Å². The second-order valence-electron chi connectivity index (χ2n) is 8.54. The molecule has 2 aliphatic rings. The average Bonchev–Trinajstić information content (AvgIpc) is 2.87. The molecule has 0 saturated carbocycles. The Morgan fingerprint density at radius 2 is 1.31 bits per heavy atom. The quantitative estimate of drug-likeness (QED) is 0.246. The van der Waals surface area contributed by atoms with Gasteiger partial charge in [0.1, 0.15) is 66.4 Å². The summed E-state index contributed by atoms with van der Waals surface area (Å²) >= 11 is 0. The van der Waals surface area contributed by atoms with Gasteiger partial charge in [0.2, 0.25) is 0 Å². The molecule has 2 aliphatic heterocycles. The van der Waals surface area contributed by atoms with Gasteiger partial charge in [-0.05, 0) is 29.8 Å². The summed E-state index contributed by atoms with van der Waals surface area (Å²) in [6.45, 7) is -1.26. The van der Waals surface area contributed by atoms with Gasteiger partial charge in [-0.2, -0.15) is 0 Å². The van der Waals surface area contributed by atoms with Crippen molar-refractivity contribution in [3.05, 3.63) is 60.2 Å². The van der Waals surface area contributed by atoms with Crippen molar-refractivity contribution in [2.75, 3.05) is 13.2 Å². The molecular weight excluding hydrogens is 464 g/mol. The standard InChI is InChI=1S/C24H30O11/c25-10-15-17(27)19(29)20(30)24(34-15)35-23-18(28)16(11-26)33-22(21(23)31)12-5-4-8-14(9-12)32-13-6-2-1-3-7-13/h1-9,15-31H,10-11H2/t15-,16-,17-,18-,19+,20+,21-,22-,23+,24-/m1/s1. The molecular formula is C24H30O11. The summed E-state index contributed by atoms with van der Waals surface area (Å²) in [7, 11) is 0. The van der Waals surface area contributed by atoms with Crippen molar-refractivity contribution in [3.63, 3.8) is 0 Å². The van der Waals surface area contributed by atoms with Crippen molar-refractivity contribution in [2.24, 2.45) is 0 Å². The molecule has 2 aromatic carbocycles. The molecule has 2 heterocycles. The fourth-order valence-electron chi connectivity index (χ4n) is 4.24. The van der Waals surface area contributed by atoms with Crippen LogP contribution in [0.1, 0.15) is 11.7 Å². The van der Waals surface area contributed by atoms with E-state index >= 15 is 0 Å². The van der Waals surface area contributed by atoms with Gasteiger partial charge in [0.15, 0.2) is 6.29 Å². The summed E-state index contributed by atoms with van der Waals surface area (Å²) in [4.78, 5) is 0. The third-order valence-electron chi connectivity index (χ3n) is 6.17. The lowest BCUT2D eigenvalue weighted by atomic mass is 9.90. The van der Waals surface area contributed by atoms with Crippen LogP contribution >= 0.6 is 0 Å². The molecule has 2 fully saturated rings. The van der Waals surface area contributed by atoms with E-state index in [9.17, 15) is 35.7 Å². The number of hydrogen-bond acceptors (Lipinski definition) is 11. The Kier molecular flexibility index (Phi) is 8.34. The largest absolute Gasteiger partial charge is 0.457 e. The van der Waals surface area contributed by atoms with Gasteiger partial charge in [0.05, 0.1) is 13.2 Å². The average molecular weight is 494 g/mol. The minimum absolute atomic E-state index is 0.461. The number of hydrogen-bond donors (Lipinski definition) is 7. The maximum Gasteiger partial charge on any atom is 0.187 e. The summed E-state index contributed by atoms with van der Waals surface area (Å²) in [6, 6.07) is 15.8. The highest BCUT2D eigenvalue weighted by Crippen LogP contribution is 2.37. The fourth-order valence-corrected chi connectivity index (χ4v) is 4.24. The van der Waals surface area contributed by atoms with E-state index in [1.807, 2.05) is 18.2 Å². The molecule has 0 amide bonds. The lowest BCUT2D eigenvalue weighted by Crippen LogP contribution is -2.63. The van der Waals surface area contributed by atoms with E-state index in [-0.39, 0.29) is 0 Å². The van der Waals surface area contributed by atoms with Gasteiger partial charge in [-0.25, -0.2) is 0 Å². The molecule has 11 heteroatoms. The van der Waals surface area contributed by atoms with Gasteiger partial charge in [-0.15, -0.1) is 0 Å². The molecule has 0 spiro atoms. The van der Waals surface area contributed by atoms with Gasteiger partial charge in [0, 0.05) is 0 Å². The molecule has 11 nitrogen and oxygen atoms in total. The van der Waals surface area contributed by atoms with Crippen LogP contribution in [0.15, 0.2) is 54.6 Å². The first kappa shape index (κ1) is 25.9. The monoisotopic (exact) mass is 494 g/mol. The van der Waals surface area contributed by atoms with Crippen LogP contribution in [0.4, 0.5) is 0 Å². The van der Waals surface area contributed by atoms with E-state index in [1.165, 1.54) is 0 Å². The predicted molar refractivity (Wildman–Crippen MR) is 118 cm³/mol. The predicted octanol–water partition coefficient (Wildman–Crippen LogP) is -1.18. The van der Waals surface area contributed by atoms with Crippen LogP contribution in [0.2, 0.25) is 0 Å². The highest BCUT2D eigenvalue weighted by molar-refractivity contribution is 5.35. The zero-order chi connectivity index (χ0) is 25.1. The fraction of sp³-hybridized carbons (Fsp3) is 0.500. The molecule has 0 aliphatic carbocycles. The van der Waals surface area contributed by atoms with Crippen LogP contribution in [0, 0.1) is 0 Å². The van der Waals surface area contributed by atoms with Crippen molar-refractivity contribution in [3.8, 4) is 11.5 Å². The first-order valence-corrected chi connectivity index (χ1v) is 11.2. The maximum atomic E-state index is 11.1. The van der Waals surface area contributed by atoms with Crippen molar-refractivity contribution >= 4 is 0 Å². The summed E-state index contributed by atoms with van der Waals surface area (Å²) in [5.41, 5.74) is 0.471. The molecule has 2 aromatic rings. The van der Waals surface area contributed by atoms with Crippen molar-refractivity contribution in [2.45, 2.75) is 61.2 Å². The smallest absolute Gasteiger partial charge is 0.187 e. The van der Waals surface area contributed by atoms with E-state index in [2.05, 4.69) is 0 Å². The van der Waals surface area contributed by atoms with Crippen LogP contribution in [0.25, 0.3) is 0 Å². The molecule has 0 unspecified atom stereocenters. The Hall–Kier alpha value is -2.16. The Balaban J connectivity index is 1.55. The van der Waals surface area contributed by atoms with Crippen molar-refractivity contribution in [1.82, 2.24) is 0 Å². The lowest BCUT2D eigenvalue weighted by Gasteiger charge is -2.46. The Morgan fingerprint density at radius 3 is 2.00 bits per heavy atom. The van der Waals surface area contributed by atoms with E-state index in [1.54, 1.807) is 36.4 Å². The molecule has 192 valence electrons. The minimum atomic E-state index is -1.73. The first-order chi connectivity index (χ1) is 16.8. The molecule has 4 rings (SSSR count). The van der Waals surface area contributed by atoms with Gasteiger partial charge in [-0.1, -0.05) is 30.3 Å². The normalized spacial score (nSPS) is 37.7. The summed E-state index contributed by atoms with van der Waals surface area (Å²) in [5.74, 6) is 1.06. The summed E-state index contributed by atoms with van der Waals surface area (Å²) in [5, 5.41) is 71.2. The maximum absolute atomic E-state index is 11.1. The van der Waals surface area contributed by atoms with Crippen LogP contribution < -0.4 is 4.74 Å². The summed E-state index contributed by atoms with van der Waals surface area (Å²) in [6.07, 6.45) is -14.5. The molecule has 10 atom stereocenters. The zero-order valence-corrected chi connectivity index (χ0v) is 18.6. The first-order valence-electron chi connectivity index (χ1n) is 11.2. The number of ether oxygens (including phenoxy) is 4. The molecule has 0 radical (unpaired) electrons. The molecule has 2 saturated heterocycles. The van der Waals surface area contributed by atoms with Gasteiger partial charge >= 0.3 is 0 Å². The molecule has 35 heavy (non-hydrogen) atoms. The third kappa shape index (κ3) is 5.49. The summed E-state index contributed by atoms with van der Waals surface area (Å²) < 4.78 is 22.6. The van der Waals surface area contributed by atoms with E-state index in [0.717, 1.165) is 0 Å². The number of para-hydroxylation sites is 1. The molecule has 0 bridgehead atoms. The van der Waals surface area contributed by atoms with E-state index < -0.39 is 74.4 Å². The topological polar surface area (TPSA) is 179 Å². The lowest BCUT2D eigenvalue weighted by molar-refractivity contribution is -0.342. The second-order valence-corrected chi connectivity index (χ2v) is 8.54. The van der Waals surface area contributed by atoms with Crippen LogP contribution in [0.3, 0.4) is 0 Å². The number of aliphatic hydroxyl groups is 7. The number of aliphatic hydroxyl groups excluding tert-OH is 7. The van der Waals surface area contributed by atoms with E-state index in [0.29, 0.717) is 17.1 Å². The Morgan fingerprint density at radius 1 is 0.657 bits per heavy atom. The van der Waals surface area contributed by atoms with Gasteiger partial charge in [-0.3, -0.25) is 0 Å². The highest BCUT2D eigenvalue weighted by atomic mass is 16.7. The minimum Gasteiger partial charge on any atom is -0.457 e.